The van der Waals surface area contributed by atoms with Gasteiger partial charge in [-0.1, -0.05) is 61.9 Å². The zero-order valence-electron chi connectivity index (χ0n) is 16.5. The molecule has 0 radical (unpaired) electrons. The Hall–Kier alpha value is -2.66. The lowest BCUT2D eigenvalue weighted by atomic mass is 9.95. The Balaban J connectivity index is 2.18. The van der Waals surface area contributed by atoms with Gasteiger partial charge >= 0.3 is 0 Å². The minimum atomic E-state index is -0.615. The SMILES string of the molecule is Cc1ccc(C(C)C)c(C(=O)NC[C@@H](NC(=O)C(C)N)c2ccccc2)c1. The second-order valence-corrected chi connectivity index (χ2v) is 7.22. The number of nitrogens with one attached hydrogen (secondary N) is 2. The summed E-state index contributed by atoms with van der Waals surface area (Å²) in [6, 6.07) is 14.5. The summed E-state index contributed by atoms with van der Waals surface area (Å²) in [4.78, 5) is 24.9. The third kappa shape index (κ3) is 5.66. The second-order valence-electron chi connectivity index (χ2n) is 7.22. The molecule has 0 bridgehead atoms. The number of rotatable bonds is 7. The number of carbonyl (C=O) groups excluding carboxylic acids is 2. The van der Waals surface area contributed by atoms with Gasteiger partial charge in [-0.05, 0) is 37.0 Å². The van der Waals surface area contributed by atoms with Gasteiger partial charge in [0.25, 0.3) is 5.91 Å². The van der Waals surface area contributed by atoms with E-state index in [0.29, 0.717) is 5.56 Å². The molecule has 0 saturated heterocycles. The van der Waals surface area contributed by atoms with Gasteiger partial charge in [0.2, 0.25) is 5.91 Å². The van der Waals surface area contributed by atoms with E-state index in [4.69, 9.17) is 5.73 Å². The molecule has 0 spiro atoms. The molecule has 2 atom stereocenters. The van der Waals surface area contributed by atoms with Crippen molar-refractivity contribution in [1.82, 2.24) is 10.6 Å². The Morgan fingerprint density at radius 1 is 1.04 bits per heavy atom. The summed E-state index contributed by atoms with van der Waals surface area (Å²) >= 11 is 0. The molecule has 2 amide bonds. The standard InChI is InChI=1S/C22H29N3O2/c1-14(2)18-11-10-15(3)12-19(18)22(27)24-13-20(25-21(26)16(4)23)17-8-6-5-7-9-17/h5-12,14,16,20H,13,23H2,1-4H3,(H,24,27)(H,25,26)/t16?,20-/m1/s1. The molecule has 0 fully saturated rings. The highest BCUT2D eigenvalue weighted by molar-refractivity contribution is 5.96. The molecule has 0 heterocycles. The fourth-order valence-electron chi connectivity index (χ4n) is 2.90. The van der Waals surface area contributed by atoms with Gasteiger partial charge in [-0.3, -0.25) is 9.59 Å². The van der Waals surface area contributed by atoms with Crippen LogP contribution >= 0.6 is 0 Å². The Morgan fingerprint density at radius 3 is 2.30 bits per heavy atom. The minimum absolute atomic E-state index is 0.140. The number of benzene rings is 2. The summed E-state index contributed by atoms with van der Waals surface area (Å²) in [6.45, 7) is 8.02. The molecule has 0 aliphatic carbocycles. The summed E-state index contributed by atoms with van der Waals surface area (Å²) in [7, 11) is 0. The third-order valence-corrected chi connectivity index (χ3v) is 4.47. The van der Waals surface area contributed by atoms with Crippen molar-refractivity contribution in [2.24, 2.45) is 5.73 Å². The molecule has 2 aromatic carbocycles. The topological polar surface area (TPSA) is 84.2 Å². The van der Waals surface area contributed by atoms with Crippen LogP contribution in [-0.4, -0.2) is 24.4 Å². The molecule has 0 aromatic heterocycles. The first-order chi connectivity index (χ1) is 12.8. The van der Waals surface area contributed by atoms with Crippen molar-refractivity contribution in [3.8, 4) is 0 Å². The molecule has 0 aliphatic rings. The van der Waals surface area contributed by atoms with Crippen molar-refractivity contribution in [2.75, 3.05) is 6.54 Å². The number of hydrogen-bond donors (Lipinski definition) is 3. The fourth-order valence-corrected chi connectivity index (χ4v) is 2.90. The first-order valence-electron chi connectivity index (χ1n) is 9.29. The van der Waals surface area contributed by atoms with Crippen LogP contribution in [0.1, 0.15) is 59.8 Å². The Morgan fingerprint density at radius 2 is 1.70 bits per heavy atom. The molecule has 1 unspecified atom stereocenters. The van der Waals surface area contributed by atoms with E-state index in [1.807, 2.05) is 55.5 Å². The number of amides is 2. The third-order valence-electron chi connectivity index (χ3n) is 4.47. The Labute approximate surface area is 161 Å². The smallest absolute Gasteiger partial charge is 0.251 e. The number of hydrogen-bond acceptors (Lipinski definition) is 3. The van der Waals surface area contributed by atoms with E-state index in [9.17, 15) is 9.59 Å². The number of nitrogens with two attached hydrogens (primary N) is 1. The summed E-state index contributed by atoms with van der Waals surface area (Å²) in [5.74, 6) is -0.149. The minimum Gasteiger partial charge on any atom is -0.350 e. The van der Waals surface area contributed by atoms with E-state index in [-0.39, 0.29) is 30.3 Å². The lowest BCUT2D eigenvalue weighted by Gasteiger charge is -2.22. The lowest BCUT2D eigenvalue weighted by Crippen LogP contribution is -2.44. The second kappa shape index (κ2) is 9.33. The van der Waals surface area contributed by atoms with Crippen LogP contribution in [0, 0.1) is 6.92 Å². The zero-order valence-corrected chi connectivity index (χ0v) is 16.5. The Kier molecular flexibility index (Phi) is 7.13. The van der Waals surface area contributed by atoms with Crippen molar-refractivity contribution < 1.29 is 9.59 Å². The average Bonchev–Trinajstić information content (AvgIpc) is 2.64. The first-order valence-corrected chi connectivity index (χ1v) is 9.29. The van der Waals surface area contributed by atoms with Crippen molar-refractivity contribution in [2.45, 2.75) is 45.7 Å². The lowest BCUT2D eigenvalue weighted by molar-refractivity contribution is -0.122. The van der Waals surface area contributed by atoms with Gasteiger partial charge in [0, 0.05) is 12.1 Å². The van der Waals surface area contributed by atoms with Gasteiger partial charge in [0.15, 0.2) is 0 Å². The molecule has 0 aliphatic heterocycles. The monoisotopic (exact) mass is 367 g/mol. The van der Waals surface area contributed by atoms with Crippen LogP contribution < -0.4 is 16.4 Å². The van der Waals surface area contributed by atoms with Gasteiger partial charge in [-0.2, -0.15) is 0 Å². The predicted octanol–water partition coefficient (Wildman–Crippen LogP) is 3.05. The molecule has 5 nitrogen and oxygen atoms in total. The van der Waals surface area contributed by atoms with Crippen LogP contribution in [0.2, 0.25) is 0 Å². The van der Waals surface area contributed by atoms with Crippen LogP contribution in [0.4, 0.5) is 0 Å². The molecule has 27 heavy (non-hydrogen) atoms. The zero-order chi connectivity index (χ0) is 20.0. The quantitative estimate of drug-likeness (QED) is 0.703. The average molecular weight is 367 g/mol. The normalized spacial score (nSPS) is 13.1. The van der Waals surface area contributed by atoms with E-state index in [1.54, 1.807) is 6.92 Å². The largest absolute Gasteiger partial charge is 0.350 e. The van der Waals surface area contributed by atoms with Crippen LogP contribution in [0.15, 0.2) is 48.5 Å². The summed E-state index contributed by atoms with van der Waals surface area (Å²) in [6.07, 6.45) is 0. The number of carbonyl (C=O) groups is 2. The maximum absolute atomic E-state index is 12.8. The van der Waals surface area contributed by atoms with E-state index in [2.05, 4.69) is 24.5 Å². The van der Waals surface area contributed by atoms with Gasteiger partial charge in [0.1, 0.15) is 0 Å². The highest BCUT2D eigenvalue weighted by Gasteiger charge is 2.19. The van der Waals surface area contributed by atoms with Crippen molar-refractivity contribution in [3.63, 3.8) is 0 Å². The summed E-state index contributed by atoms with van der Waals surface area (Å²) in [5, 5.41) is 5.88. The molecule has 4 N–H and O–H groups in total. The molecular weight excluding hydrogens is 338 g/mol. The first kappa shape index (κ1) is 20.6. The molecule has 2 rings (SSSR count). The van der Waals surface area contributed by atoms with Gasteiger partial charge in [0.05, 0.1) is 12.1 Å². The predicted molar refractivity (Wildman–Crippen MR) is 109 cm³/mol. The van der Waals surface area contributed by atoms with E-state index >= 15 is 0 Å². The molecule has 0 saturated carbocycles. The molecule has 2 aromatic rings. The van der Waals surface area contributed by atoms with Gasteiger partial charge in [-0.25, -0.2) is 0 Å². The van der Waals surface area contributed by atoms with Crippen LogP contribution in [-0.2, 0) is 4.79 Å². The van der Waals surface area contributed by atoms with Crippen LogP contribution in [0.25, 0.3) is 0 Å². The molecular formula is C22H29N3O2. The maximum atomic E-state index is 12.8. The van der Waals surface area contributed by atoms with Crippen molar-refractivity contribution in [1.29, 1.82) is 0 Å². The maximum Gasteiger partial charge on any atom is 0.251 e. The summed E-state index contributed by atoms with van der Waals surface area (Å²) in [5.41, 5.74) is 9.32. The number of aryl methyl sites for hydroxylation is 1. The highest BCUT2D eigenvalue weighted by Crippen LogP contribution is 2.21. The van der Waals surface area contributed by atoms with E-state index < -0.39 is 6.04 Å². The van der Waals surface area contributed by atoms with Crippen molar-refractivity contribution >= 4 is 11.8 Å². The highest BCUT2D eigenvalue weighted by atomic mass is 16.2. The molecule has 144 valence electrons. The van der Waals surface area contributed by atoms with E-state index in [1.165, 1.54) is 0 Å². The van der Waals surface area contributed by atoms with E-state index in [0.717, 1.165) is 16.7 Å². The van der Waals surface area contributed by atoms with Gasteiger partial charge < -0.3 is 16.4 Å². The Bertz CT molecular complexity index is 785. The molecule has 5 heteroatoms. The van der Waals surface area contributed by atoms with Crippen LogP contribution in [0.3, 0.4) is 0 Å². The summed E-state index contributed by atoms with van der Waals surface area (Å²) < 4.78 is 0. The van der Waals surface area contributed by atoms with Gasteiger partial charge in [-0.15, -0.1) is 0 Å². The fraction of sp³-hybridized carbons (Fsp3) is 0.364. The van der Waals surface area contributed by atoms with Crippen molar-refractivity contribution in [3.05, 3.63) is 70.8 Å². The van der Waals surface area contributed by atoms with Crippen LogP contribution in [0.5, 0.6) is 0 Å².